The Kier molecular flexibility index (Phi) is 4.31. The molecule has 0 saturated carbocycles. The summed E-state index contributed by atoms with van der Waals surface area (Å²) in [4.78, 5) is 1.30. The van der Waals surface area contributed by atoms with E-state index in [0.29, 0.717) is 6.04 Å². The van der Waals surface area contributed by atoms with E-state index in [4.69, 9.17) is 0 Å². The maximum absolute atomic E-state index is 4.36. The molecule has 112 valence electrons. The Morgan fingerprint density at radius 2 is 1.90 bits per heavy atom. The molecule has 21 heavy (non-hydrogen) atoms. The molecule has 0 amide bonds. The third-order valence-electron chi connectivity index (χ3n) is 4.14. The normalized spacial score (nSPS) is 16.7. The van der Waals surface area contributed by atoms with E-state index < -0.39 is 0 Å². The summed E-state index contributed by atoms with van der Waals surface area (Å²) in [5, 5.41) is 12.3. The number of fused-ring (bicyclic) bond motifs is 1. The van der Waals surface area contributed by atoms with Crippen molar-refractivity contribution >= 4 is 11.8 Å². The zero-order valence-electron chi connectivity index (χ0n) is 12.8. The Balaban J connectivity index is 1.69. The van der Waals surface area contributed by atoms with Crippen molar-refractivity contribution in [2.24, 2.45) is 0 Å². The van der Waals surface area contributed by atoms with Crippen LogP contribution in [0.5, 0.6) is 0 Å². The van der Waals surface area contributed by atoms with Crippen molar-refractivity contribution in [3.63, 3.8) is 0 Å². The van der Waals surface area contributed by atoms with Crippen molar-refractivity contribution < 1.29 is 0 Å². The summed E-state index contributed by atoms with van der Waals surface area (Å²) in [6.07, 6.45) is 4.35. The molecule has 5 heteroatoms. The summed E-state index contributed by atoms with van der Waals surface area (Å²) in [5.74, 6) is 2.20. The van der Waals surface area contributed by atoms with Crippen molar-refractivity contribution in [2.75, 3.05) is 6.26 Å². The fourth-order valence-corrected chi connectivity index (χ4v) is 3.34. The van der Waals surface area contributed by atoms with Crippen molar-refractivity contribution in [2.45, 2.75) is 50.2 Å². The van der Waals surface area contributed by atoms with Crippen LogP contribution < -0.4 is 5.32 Å². The second kappa shape index (κ2) is 6.20. The zero-order chi connectivity index (χ0) is 14.8. The molecule has 1 aromatic heterocycles. The summed E-state index contributed by atoms with van der Waals surface area (Å²) >= 11 is 1.77. The standard InChI is InChI=1S/C16H22N4S/c1-11(13-6-8-14(21-3)9-7-13)17-12(2)16-19-18-15-5-4-10-20(15)16/h6-9,11-12,17H,4-5,10H2,1-3H3. The van der Waals surface area contributed by atoms with Crippen LogP contribution in [-0.2, 0) is 13.0 Å². The lowest BCUT2D eigenvalue weighted by atomic mass is 10.1. The monoisotopic (exact) mass is 302 g/mol. The highest BCUT2D eigenvalue weighted by molar-refractivity contribution is 7.98. The van der Waals surface area contributed by atoms with Crippen LogP contribution in [0.3, 0.4) is 0 Å². The highest BCUT2D eigenvalue weighted by Crippen LogP contribution is 2.23. The lowest BCUT2D eigenvalue weighted by molar-refractivity contribution is 0.459. The minimum Gasteiger partial charge on any atom is -0.314 e. The molecule has 0 spiro atoms. The van der Waals surface area contributed by atoms with E-state index in [1.54, 1.807) is 11.8 Å². The Morgan fingerprint density at radius 3 is 2.62 bits per heavy atom. The van der Waals surface area contributed by atoms with Crippen LogP contribution in [0.15, 0.2) is 29.2 Å². The largest absolute Gasteiger partial charge is 0.314 e. The first-order valence-corrected chi connectivity index (χ1v) is 8.73. The number of nitrogens with one attached hydrogen (secondary N) is 1. The van der Waals surface area contributed by atoms with Gasteiger partial charge in [-0.1, -0.05) is 12.1 Å². The van der Waals surface area contributed by atoms with Gasteiger partial charge in [-0.25, -0.2) is 0 Å². The highest BCUT2D eigenvalue weighted by atomic mass is 32.2. The molecule has 1 aliphatic heterocycles. The van der Waals surface area contributed by atoms with E-state index in [2.05, 4.69) is 64.4 Å². The summed E-state index contributed by atoms with van der Waals surface area (Å²) in [5.41, 5.74) is 1.31. The molecule has 4 nitrogen and oxygen atoms in total. The minimum absolute atomic E-state index is 0.208. The first kappa shape index (κ1) is 14.6. The van der Waals surface area contributed by atoms with E-state index in [0.717, 1.165) is 24.6 Å². The highest BCUT2D eigenvalue weighted by Gasteiger charge is 2.22. The average Bonchev–Trinajstić information content (AvgIpc) is 3.09. The van der Waals surface area contributed by atoms with Crippen molar-refractivity contribution in [3.05, 3.63) is 41.5 Å². The molecule has 1 N–H and O–H groups in total. The van der Waals surface area contributed by atoms with Crippen LogP contribution in [-0.4, -0.2) is 21.0 Å². The second-order valence-corrected chi connectivity index (χ2v) is 6.49. The van der Waals surface area contributed by atoms with Crippen LogP contribution in [0.4, 0.5) is 0 Å². The zero-order valence-corrected chi connectivity index (χ0v) is 13.7. The quantitative estimate of drug-likeness (QED) is 0.860. The van der Waals surface area contributed by atoms with E-state index in [-0.39, 0.29) is 6.04 Å². The molecule has 0 radical (unpaired) electrons. The molecule has 2 unspecified atom stereocenters. The average molecular weight is 302 g/mol. The fourth-order valence-electron chi connectivity index (χ4n) is 2.93. The van der Waals surface area contributed by atoms with Crippen LogP contribution in [0.2, 0.25) is 0 Å². The molecule has 0 aliphatic carbocycles. The molecular formula is C16H22N4S. The third kappa shape index (κ3) is 2.99. The Morgan fingerprint density at radius 1 is 1.14 bits per heavy atom. The smallest absolute Gasteiger partial charge is 0.149 e. The number of rotatable bonds is 5. The van der Waals surface area contributed by atoms with Gasteiger partial charge in [-0.2, -0.15) is 0 Å². The predicted molar refractivity (Wildman–Crippen MR) is 86.5 cm³/mol. The van der Waals surface area contributed by atoms with Crippen LogP contribution >= 0.6 is 11.8 Å². The van der Waals surface area contributed by atoms with Crippen LogP contribution in [0.25, 0.3) is 0 Å². The first-order valence-electron chi connectivity index (χ1n) is 7.51. The number of thioether (sulfide) groups is 1. The van der Waals surface area contributed by atoms with Crippen molar-refractivity contribution in [3.8, 4) is 0 Å². The number of hydrogen-bond donors (Lipinski definition) is 1. The van der Waals surface area contributed by atoms with Crippen molar-refractivity contribution in [1.82, 2.24) is 20.1 Å². The molecule has 2 aromatic rings. The van der Waals surface area contributed by atoms with Gasteiger partial charge < -0.3 is 9.88 Å². The van der Waals surface area contributed by atoms with Crippen LogP contribution in [0.1, 0.15) is 49.6 Å². The van der Waals surface area contributed by atoms with Gasteiger partial charge in [0.1, 0.15) is 11.6 Å². The SMILES string of the molecule is CSc1ccc(C(C)NC(C)c2nnc3n2CCC3)cc1. The first-order chi connectivity index (χ1) is 10.2. The summed E-state index contributed by atoms with van der Waals surface area (Å²) in [6.45, 7) is 5.43. The Hall–Kier alpha value is -1.33. The number of hydrogen-bond acceptors (Lipinski definition) is 4. The summed E-state index contributed by atoms with van der Waals surface area (Å²) in [7, 11) is 0. The lowest BCUT2D eigenvalue weighted by Gasteiger charge is -2.20. The third-order valence-corrected chi connectivity index (χ3v) is 4.88. The van der Waals surface area contributed by atoms with Gasteiger partial charge in [0.15, 0.2) is 0 Å². The predicted octanol–water partition coefficient (Wildman–Crippen LogP) is 3.36. The van der Waals surface area contributed by atoms with Gasteiger partial charge in [-0.3, -0.25) is 0 Å². The van der Waals surface area contributed by atoms with Gasteiger partial charge in [0.05, 0.1) is 6.04 Å². The molecular weight excluding hydrogens is 280 g/mol. The topological polar surface area (TPSA) is 42.7 Å². The van der Waals surface area contributed by atoms with Gasteiger partial charge in [-0.05, 0) is 44.2 Å². The number of nitrogens with zero attached hydrogens (tertiary/aromatic N) is 3. The van der Waals surface area contributed by atoms with Gasteiger partial charge in [0.2, 0.25) is 0 Å². The van der Waals surface area contributed by atoms with Gasteiger partial charge in [0, 0.05) is 23.9 Å². The number of aryl methyl sites for hydroxylation is 1. The van der Waals surface area contributed by atoms with E-state index >= 15 is 0 Å². The number of benzene rings is 1. The molecule has 1 aromatic carbocycles. The number of aromatic nitrogens is 3. The molecule has 2 atom stereocenters. The van der Waals surface area contributed by atoms with E-state index in [1.807, 2.05) is 0 Å². The maximum atomic E-state index is 4.36. The summed E-state index contributed by atoms with van der Waals surface area (Å²) in [6, 6.07) is 9.26. The van der Waals surface area contributed by atoms with E-state index in [1.165, 1.54) is 16.9 Å². The molecule has 1 aliphatic rings. The fraction of sp³-hybridized carbons (Fsp3) is 0.500. The Bertz CT molecular complexity index is 605. The van der Waals surface area contributed by atoms with Crippen LogP contribution in [0, 0.1) is 0 Å². The van der Waals surface area contributed by atoms with Gasteiger partial charge >= 0.3 is 0 Å². The molecule has 3 rings (SSSR count). The summed E-state index contributed by atoms with van der Waals surface area (Å²) < 4.78 is 2.27. The van der Waals surface area contributed by atoms with Gasteiger partial charge in [0.25, 0.3) is 0 Å². The van der Waals surface area contributed by atoms with E-state index in [9.17, 15) is 0 Å². The Labute approximate surface area is 130 Å². The molecule has 0 fully saturated rings. The minimum atomic E-state index is 0.208. The molecule has 0 saturated heterocycles. The maximum Gasteiger partial charge on any atom is 0.149 e. The lowest BCUT2D eigenvalue weighted by Crippen LogP contribution is -2.25. The van der Waals surface area contributed by atoms with Gasteiger partial charge in [-0.15, -0.1) is 22.0 Å². The second-order valence-electron chi connectivity index (χ2n) is 5.61. The molecule has 2 heterocycles. The molecule has 0 bridgehead atoms. The van der Waals surface area contributed by atoms with Crippen molar-refractivity contribution in [1.29, 1.82) is 0 Å².